The largest absolute Gasteiger partial charge is 0.492 e. The summed E-state index contributed by atoms with van der Waals surface area (Å²) in [6.07, 6.45) is 4.82. The average Bonchev–Trinajstić information content (AvgIpc) is 2.71. The lowest BCUT2D eigenvalue weighted by Crippen LogP contribution is -2.40. The first-order valence-electron chi connectivity index (χ1n) is 9.57. The van der Waals surface area contributed by atoms with E-state index < -0.39 is 9.84 Å². The summed E-state index contributed by atoms with van der Waals surface area (Å²) in [5.74, 6) is 1.51. The maximum atomic E-state index is 11.5. The summed E-state index contributed by atoms with van der Waals surface area (Å²) in [7, 11) is -3.19. The number of nitrogens with one attached hydrogen (secondary N) is 1. The zero-order valence-corrected chi connectivity index (χ0v) is 19.7. The molecule has 6 nitrogen and oxygen atoms in total. The van der Waals surface area contributed by atoms with Crippen LogP contribution in [0.1, 0.15) is 19.3 Å². The lowest BCUT2D eigenvalue weighted by molar-refractivity contribution is 0.321. The molecule has 1 saturated heterocycles. The number of nitrogens with zero attached hydrogens (tertiary/aromatic N) is 2. The van der Waals surface area contributed by atoms with E-state index in [1.165, 1.54) is 25.5 Å². The number of para-hydroxylation sites is 1. The number of piperidine rings is 1. The molecular weight excluding hydrogens is 501 g/mol. The minimum absolute atomic E-state index is 0. The molecule has 158 valence electrons. The molecular formula is C21H28IN3O3S. The zero-order chi connectivity index (χ0) is 19.8. The molecule has 2 aromatic carbocycles. The highest BCUT2D eigenvalue weighted by atomic mass is 127. The van der Waals surface area contributed by atoms with Gasteiger partial charge in [-0.25, -0.2) is 13.4 Å². The van der Waals surface area contributed by atoms with Gasteiger partial charge in [0.1, 0.15) is 12.4 Å². The second kappa shape index (κ2) is 11.4. The van der Waals surface area contributed by atoms with E-state index in [1.807, 2.05) is 30.3 Å². The molecule has 1 fully saturated rings. The van der Waals surface area contributed by atoms with Crippen molar-refractivity contribution in [3.05, 3.63) is 54.6 Å². The summed E-state index contributed by atoms with van der Waals surface area (Å²) >= 11 is 0. The summed E-state index contributed by atoms with van der Waals surface area (Å²) in [5.41, 5.74) is 1.02. The Labute approximate surface area is 190 Å². The van der Waals surface area contributed by atoms with Gasteiger partial charge in [0.2, 0.25) is 0 Å². The van der Waals surface area contributed by atoms with Crippen LogP contribution >= 0.6 is 24.0 Å². The average molecular weight is 529 g/mol. The summed E-state index contributed by atoms with van der Waals surface area (Å²) < 4.78 is 28.7. The van der Waals surface area contributed by atoms with Gasteiger partial charge in [0.15, 0.2) is 15.8 Å². The fraction of sp³-hybridized carbons (Fsp3) is 0.381. The fourth-order valence-electron chi connectivity index (χ4n) is 3.07. The standard InChI is InChI=1S/C21H27N3O3S.HI/c1-28(25,26)20-12-10-19(11-13-20)27-17-14-22-21(24-15-6-3-7-16-24)23-18-8-4-2-5-9-18;/h2,4-5,8-13H,3,6-7,14-17H2,1H3,(H,22,23);1H. The van der Waals surface area contributed by atoms with E-state index in [-0.39, 0.29) is 28.9 Å². The van der Waals surface area contributed by atoms with Gasteiger partial charge in [-0.3, -0.25) is 0 Å². The highest BCUT2D eigenvalue weighted by Crippen LogP contribution is 2.16. The molecule has 0 atom stereocenters. The molecule has 0 amide bonds. The first-order chi connectivity index (χ1) is 13.5. The number of likely N-dealkylation sites (tertiary alicyclic amines) is 1. The second-order valence-corrected chi connectivity index (χ2v) is 8.85. The summed E-state index contributed by atoms with van der Waals surface area (Å²) in [6, 6.07) is 16.5. The van der Waals surface area contributed by atoms with E-state index in [0.29, 0.717) is 18.9 Å². The molecule has 3 rings (SSSR count). The predicted molar refractivity (Wildman–Crippen MR) is 128 cm³/mol. The van der Waals surface area contributed by atoms with E-state index in [9.17, 15) is 8.42 Å². The van der Waals surface area contributed by atoms with Crippen LogP contribution in [0.5, 0.6) is 5.75 Å². The van der Waals surface area contributed by atoms with Crippen molar-refractivity contribution in [2.24, 2.45) is 4.99 Å². The second-order valence-electron chi connectivity index (χ2n) is 6.84. The van der Waals surface area contributed by atoms with Crippen LogP contribution in [-0.4, -0.2) is 51.8 Å². The van der Waals surface area contributed by atoms with Crippen LogP contribution in [0.3, 0.4) is 0 Å². The minimum Gasteiger partial charge on any atom is -0.492 e. The number of hydrogen-bond acceptors (Lipinski definition) is 4. The summed E-state index contributed by atoms with van der Waals surface area (Å²) in [5, 5.41) is 3.43. The number of rotatable bonds is 6. The number of guanidine groups is 1. The van der Waals surface area contributed by atoms with Crippen LogP contribution in [0, 0.1) is 0 Å². The third-order valence-electron chi connectivity index (χ3n) is 4.56. The van der Waals surface area contributed by atoms with Crippen LogP contribution in [-0.2, 0) is 9.84 Å². The fourth-order valence-corrected chi connectivity index (χ4v) is 3.70. The lowest BCUT2D eigenvalue weighted by atomic mass is 10.1. The number of sulfone groups is 1. The number of hydrogen-bond donors (Lipinski definition) is 1. The number of anilines is 1. The number of halogens is 1. The molecule has 1 N–H and O–H groups in total. The van der Waals surface area contributed by atoms with Gasteiger partial charge in [-0.1, -0.05) is 18.2 Å². The van der Waals surface area contributed by atoms with Crippen molar-refractivity contribution in [3.8, 4) is 5.75 Å². The van der Waals surface area contributed by atoms with E-state index in [0.717, 1.165) is 24.7 Å². The minimum atomic E-state index is -3.19. The van der Waals surface area contributed by atoms with Crippen molar-refractivity contribution in [1.82, 2.24) is 4.90 Å². The molecule has 2 aromatic rings. The highest BCUT2D eigenvalue weighted by molar-refractivity contribution is 14.0. The molecule has 1 heterocycles. The van der Waals surface area contributed by atoms with Gasteiger partial charge in [0, 0.05) is 25.0 Å². The van der Waals surface area contributed by atoms with Gasteiger partial charge < -0.3 is 15.0 Å². The highest BCUT2D eigenvalue weighted by Gasteiger charge is 2.15. The molecule has 29 heavy (non-hydrogen) atoms. The van der Waals surface area contributed by atoms with Gasteiger partial charge in [-0.15, -0.1) is 24.0 Å². The Hall–Kier alpha value is -1.81. The van der Waals surface area contributed by atoms with E-state index >= 15 is 0 Å². The molecule has 0 unspecified atom stereocenters. The smallest absolute Gasteiger partial charge is 0.198 e. The van der Waals surface area contributed by atoms with Gasteiger partial charge in [-0.2, -0.15) is 0 Å². The number of benzene rings is 2. The number of ether oxygens (including phenoxy) is 1. The van der Waals surface area contributed by atoms with E-state index in [2.05, 4.69) is 10.2 Å². The molecule has 0 radical (unpaired) electrons. The summed E-state index contributed by atoms with van der Waals surface area (Å²) in [6.45, 7) is 2.95. The normalized spacial score (nSPS) is 14.8. The van der Waals surface area contributed by atoms with Crippen LogP contribution < -0.4 is 10.1 Å². The molecule has 1 aliphatic heterocycles. The van der Waals surface area contributed by atoms with Gasteiger partial charge in [-0.05, 0) is 55.7 Å². The van der Waals surface area contributed by atoms with Crippen molar-refractivity contribution in [1.29, 1.82) is 0 Å². The Morgan fingerprint density at radius 2 is 1.69 bits per heavy atom. The van der Waals surface area contributed by atoms with Crippen molar-refractivity contribution in [2.45, 2.75) is 24.2 Å². The van der Waals surface area contributed by atoms with Crippen LogP contribution in [0.15, 0.2) is 64.5 Å². The molecule has 0 aromatic heterocycles. The lowest BCUT2D eigenvalue weighted by Gasteiger charge is -2.30. The maximum absolute atomic E-state index is 11.5. The molecule has 0 bridgehead atoms. The monoisotopic (exact) mass is 529 g/mol. The molecule has 8 heteroatoms. The Balaban J connectivity index is 0.00000300. The van der Waals surface area contributed by atoms with Crippen LogP contribution in [0.4, 0.5) is 5.69 Å². The van der Waals surface area contributed by atoms with Crippen molar-refractivity contribution in [3.63, 3.8) is 0 Å². The van der Waals surface area contributed by atoms with Gasteiger partial charge in [0.05, 0.1) is 11.4 Å². The Morgan fingerprint density at radius 3 is 2.31 bits per heavy atom. The first-order valence-corrected chi connectivity index (χ1v) is 11.5. The molecule has 0 aliphatic carbocycles. The van der Waals surface area contributed by atoms with Crippen molar-refractivity contribution in [2.75, 3.05) is 37.8 Å². The maximum Gasteiger partial charge on any atom is 0.198 e. The Morgan fingerprint density at radius 1 is 1.03 bits per heavy atom. The molecule has 1 aliphatic rings. The SMILES string of the molecule is CS(=O)(=O)c1ccc(OCCN=C(Nc2ccccc2)N2CCCCC2)cc1.I. The van der Waals surface area contributed by atoms with Gasteiger partial charge >= 0.3 is 0 Å². The Bertz CT molecular complexity index is 881. The van der Waals surface area contributed by atoms with E-state index in [4.69, 9.17) is 9.73 Å². The van der Waals surface area contributed by atoms with Crippen molar-refractivity contribution >= 4 is 45.5 Å². The van der Waals surface area contributed by atoms with Crippen molar-refractivity contribution < 1.29 is 13.2 Å². The molecule has 0 spiro atoms. The van der Waals surface area contributed by atoms with Crippen LogP contribution in [0.25, 0.3) is 0 Å². The van der Waals surface area contributed by atoms with E-state index in [1.54, 1.807) is 24.3 Å². The van der Waals surface area contributed by atoms with Gasteiger partial charge in [0.25, 0.3) is 0 Å². The zero-order valence-electron chi connectivity index (χ0n) is 16.6. The third kappa shape index (κ3) is 7.50. The number of aliphatic imine (C=N–C) groups is 1. The topological polar surface area (TPSA) is 71.0 Å². The molecule has 0 saturated carbocycles. The quantitative estimate of drug-likeness (QED) is 0.265. The summed E-state index contributed by atoms with van der Waals surface area (Å²) in [4.78, 5) is 7.30. The van der Waals surface area contributed by atoms with Crippen LogP contribution in [0.2, 0.25) is 0 Å². The third-order valence-corrected chi connectivity index (χ3v) is 5.69. The predicted octanol–water partition coefficient (Wildman–Crippen LogP) is 4.04. The first kappa shape index (κ1) is 23.5. The Kier molecular flexibility index (Phi) is 9.22.